The molecule has 1 aliphatic rings. The smallest absolute Gasteiger partial charge is 0.123 e. The number of rotatable bonds is 6. The van der Waals surface area contributed by atoms with Crippen molar-refractivity contribution in [2.75, 3.05) is 6.54 Å². The van der Waals surface area contributed by atoms with Gasteiger partial charge in [0.1, 0.15) is 5.82 Å². The maximum atomic E-state index is 12.8. The highest BCUT2D eigenvalue weighted by molar-refractivity contribution is 5.76. The van der Waals surface area contributed by atoms with Crippen molar-refractivity contribution in [3.8, 4) is 0 Å². The number of nitrogens with one attached hydrogen (secondary N) is 1. The van der Waals surface area contributed by atoms with Crippen LogP contribution in [0.3, 0.4) is 0 Å². The van der Waals surface area contributed by atoms with Crippen LogP contribution in [0.1, 0.15) is 24.8 Å². The summed E-state index contributed by atoms with van der Waals surface area (Å²) in [7, 11) is 0. The van der Waals surface area contributed by atoms with Crippen molar-refractivity contribution in [1.82, 2.24) is 4.90 Å². The van der Waals surface area contributed by atoms with Gasteiger partial charge >= 0.3 is 0 Å². The van der Waals surface area contributed by atoms with Gasteiger partial charge in [-0.05, 0) is 30.5 Å². The second-order valence-corrected chi connectivity index (χ2v) is 4.60. The highest BCUT2D eigenvalue weighted by atomic mass is 19.1. The first-order valence-electron chi connectivity index (χ1n) is 5.96. The van der Waals surface area contributed by atoms with Crippen molar-refractivity contribution in [1.29, 1.82) is 5.41 Å². The molecule has 1 aromatic rings. The lowest BCUT2D eigenvalue weighted by Crippen LogP contribution is -2.29. The molecule has 0 radical (unpaired) electrons. The third-order valence-electron chi connectivity index (χ3n) is 3.03. The maximum Gasteiger partial charge on any atom is 0.123 e. The van der Waals surface area contributed by atoms with Crippen LogP contribution in [-0.4, -0.2) is 23.3 Å². The van der Waals surface area contributed by atoms with Gasteiger partial charge in [0.2, 0.25) is 0 Å². The summed E-state index contributed by atoms with van der Waals surface area (Å²) in [6, 6.07) is 7.24. The number of benzene rings is 1. The number of nitrogens with two attached hydrogens (primary N) is 1. The van der Waals surface area contributed by atoms with Crippen LogP contribution in [0.4, 0.5) is 4.39 Å². The maximum absolute atomic E-state index is 12.8. The lowest BCUT2D eigenvalue weighted by molar-refractivity contribution is 0.262. The molecule has 2 rings (SSSR count). The van der Waals surface area contributed by atoms with Gasteiger partial charge in [-0.3, -0.25) is 10.3 Å². The van der Waals surface area contributed by atoms with E-state index in [0.717, 1.165) is 18.7 Å². The van der Waals surface area contributed by atoms with E-state index < -0.39 is 0 Å². The summed E-state index contributed by atoms with van der Waals surface area (Å²) in [5.74, 6) is 0.0326. The lowest BCUT2D eigenvalue weighted by Gasteiger charge is -2.21. The molecular formula is C13H18FN3. The largest absolute Gasteiger partial charge is 0.388 e. The zero-order valence-electron chi connectivity index (χ0n) is 9.82. The predicted molar refractivity (Wildman–Crippen MR) is 66.4 cm³/mol. The molecule has 0 aromatic heterocycles. The van der Waals surface area contributed by atoms with Gasteiger partial charge in [-0.2, -0.15) is 0 Å². The Morgan fingerprint density at radius 2 is 2.00 bits per heavy atom. The molecule has 3 nitrogen and oxygen atoms in total. The first-order chi connectivity index (χ1) is 8.15. The van der Waals surface area contributed by atoms with Gasteiger partial charge in [0.15, 0.2) is 0 Å². The Balaban J connectivity index is 1.92. The molecule has 0 bridgehead atoms. The quantitative estimate of drug-likeness (QED) is 0.586. The monoisotopic (exact) mass is 235 g/mol. The lowest BCUT2D eigenvalue weighted by atomic mass is 10.2. The van der Waals surface area contributed by atoms with E-state index >= 15 is 0 Å². The Hall–Kier alpha value is -1.42. The van der Waals surface area contributed by atoms with Gasteiger partial charge in [-0.25, -0.2) is 4.39 Å². The predicted octanol–water partition coefficient (Wildman–Crippen LogP) is 2.12. The number of nitrogens with zero attached hydrogens (tertiary/aromatic N) is 1. The van der Waals surface area contributed by atoms with Crippen molar-refractivity contribution in [3.63, 3.8) is 0 Å². The summed E-state index contributed by atoms with van der Waals surface area (Å²) in [5.41, 5.74) is 6.49. The number of hydrogen-bond donors (Lipinski definition) is 2. The van der Waals surface area contributed by atoms with Gasteiger partial charge in [-0.1, -0.05) is 12.1 Å². The van der Waals surface area contributed by atoms with Crippen LogP contribution in [0.2, 0.25) is 0 Å². The Kier molecular flexibility index (Phi) is 3.74. The van der Waals surface area contributed by atoms with Crippen molar-refractivity contribution in [3.05, 3.63) is 35.6 Å². The zero-order chi connectivity index (χ0) is 12.3. The second-order valence-electron chi connectivity index (χ2n) is 4.60. The average molecular weight is 235 g/mol. The molecule has 0 spiro atoms. The molecule has 92 valence electrons. The minimum Gasteiger partial charge on any atom is -0.388 e. The average Bonchev–Trinajstić information content (AvgIpc) is 3.10. The molecule has 17 heavy (non-hydrogen) atoms. The van der Waals surface area contributed by atoms with E-state index in [1.807, 2.05) is 12.1 Å². The van der Waals surface area contributed by atoms with Gasteiger partial charge in [-0.15, -0.1) is 0 Å². The number of hydrogen-bond acceptors (Lipinski definition) is 2. The second kappa shape index (κ2) is 5.27. The molecule has 0 atom stereocenters. The molecule has 1 fully saturated rings. The van der Waals surface area contributed by atoms with E-state index in [1.165, 1.54) is 25.0 Å². The fourth-order valence-corrected chi connectivity index (χ4v) is 1.92. The standard InChI is InChI=1S/C13H18FN3/c14-11-3-1-10(2-4-11)9-17(12-5-6-12)8-7-13(15)16/h1-4,12H,5-9H2,(H3,15,16). The van der Waals surface area contributed by atoms with Gasteiger partial charge in [0.25, 0.3) is 0 Å². The Bertz CT molecular complexity index is 384. The van der Waals surface area contributed by atoms with Crippen LogP contribution >= 0.6 is 0 Å². The molecule has 0 amide bonds. The molecule has 4 heteroatoms. The molecule has 0 saturated heterocycles. The van der Waals surface area contributed by atoms with Gasteiger partial charge in [0, 0.05) is 25.6 Å². The summed E-state index contributed by atoms with van der Waals surface area (Å²) in [4.78, 5) is 2.33. The van der Waals surface area contributed by atoms with Crippen LogP contribution in [0.5, 0.6) is 0 Å². The van der Waals surface area contributed by atoms with Crippen LogP contribution in [0, 0.1) is 11.2 Å². The van der Waals surface area contributed by atoms with E-state index in [4.69, 9.17) is 11.1 Å². The molecule has 0 unspecified atom stereocenters. The van der Waals surface area contributed by atoms with E-state index in [1.54, 1.807) is 0 Å². The van der Waals surface area contributed by atoms with Gasteiger partial charge < -0.3 is 5.73 Å². The molecular weight excluding hydrogens is 217 g/mol. The molecule has 1 aliphatic carbocycles. The van der Waals surface area contributed by atoms with E-state index in [9.17, 15) is 4.39 Å². The third-order valence-corrected chi connectivity index (χ3v) is 3.03. The van der Waals surface area contributed by atoms with Gasteiger partial charge in [0.05, 0.1) is 5.84 Å². The SMILES string of the molecule is N=C(N)CCN(Cc1ccc(F)cc1)C1CC1. The van der Waals surface area contributed by atoms with E-state index in [2.05, 4.69) is 4.90 Å². The van der Waals surface area contributed by atoms with Crippen molar-refractivity contribution >= 4 is 5.84 Å². The molecule has 0 heterocycles. The van der Waals surface area contributed by atoms with Crippen molar-refractivity contribution in [2.45, 2.75) is 31.8 Å². The van der Waals surface area contributed by atoms with Crippen molar-refractivity contribution < 1.29 is 4.39 Å². The Morgan fingerprint density at radius 1 is 1.35 bits per heavy atom. The van der Waals surface area contributed by atoms with Crippen LogP contribution < -0.4 is 5.73 Å². The summed E-state index contributed by atoms with van der Waals surface area (Å²) in [6.45, 7) is 1.63. The molecule has 0 aliphatic heterocycles. The van der Waals surface area contributed by atoms with E-state index in [-0.39, 0.29) is 11.7 Å². The minimum atomic E-state index is -0.199. The summed E-state index contributed by atoms with van der Waals surface area (Å²) in [6.07, 6.45) is 3.05. The normalized spacial score (nSPS) is 15.2. The minimum absolute atomic E-state index is 0.199. The van der Waals surface area contributed by atoms with Crippen LogP contribution in [-0.2, 0) is 6.54 Å². The first-order valence-corrected chi connectivity index (χ1v) is 5.96. The summed E-state index contributed by atoms with van der Waals surface area (Å²) < 4.78 is 12.8. The first kappa shape index (κ1) is 12.0. The highest BCUT2D eigenvalue weighted by Crippen LogP contribution is 2.28. The third kappa shape index (κ3) is 3.82. The fraction of sp³-hybridized carbons (Fsp3) is 0.462. The molecule has 1 aromatic carbocycles. The Morgan fingerprint density at radius 3 is 2.53 bits per heavy atom. The summed E-state index contributed by atoms with van der Waals surface area (Å²) in [5, 5.41) is 7.26. The highest BCUT2D eigenvalue weighted by Gasteiger charge is 2.28. The number of halogens is 1. The Labute approximate surface area is 101 Å². The fourth-order valence-electron chi connectivity index (χ4n) is 1.92. The molecule has 1 saturated carbocycles. The topological polar surface area (TPSA) is 53.1 Å². The van der Waals surface area contributed by atoms with Crippen LogP contribution in [0.15, 0.2) is 24.3 Å². The van der Waals surface area contributed by atoms with Crippen molar-refractivity contribution in [2.24, 2.45) is 5.73 Å². The molecule has 3 N–H and O–H groups in total. The van der Waals surface area contributed by atoms with Crippen LogP contribution in [0.25, 0.3) is 0 Å². The summed E-state index contributed by atoms with van der Waals surface area (Å²) >= 11 is 0. The van der Waals surface area contributed by atoms with E-state index in [0.29, 0.717) is 12.5 Å². The number of amidine groups is 1. The zero-order valence-corrected chi connectivity index (χ0v) is 9.82.